The number of carbonyl (C=O) groups excluding carboxylic acids is 4. The van der Waals surface area contributed by atoms with Crippen LogP contribution in [0.5, 0.6) is 0 Å². The summed E-state index contributed by atoms with van der Waals surface area (Å²) in [6.07, 6.45) is 2.24. The lowest BCUT2D eigenvalue weighted by Crippen LogP contribution is -2.35. The molecule has 10 nitrogen and oxygen atoms in total. The molecule has 0 aliphatic heterocycles. The van der Waals surface area contributed by atoms with Gasteiger partial charge in [-0.1, -0.05) is 36.4 Å². The summed E-state index contributed by atoms with van der Waals surface area (Å²) in [4.78, 5) is 48.7. The topological polar surface area (TPSA) is 135 Å². The average molecular weight is 483 g/mol. The molecule has 0 aromatic heterocycles. The molecule has 0 unspecified atom stereocenters. The van der Waals surface area contributed by atoms with Crippen LogP contribution >= 0.6 is 12.2 Å². The molecular formula is C23H22N4O6S. The number of thiocarbonyl (C=S) groups is 1. The van der Waals surface area contributed by atoms with Crippen LogP contribution in [0, 0.1) is 0 Å². The van der Waals surface area contributed by atoms with E-state index >= 15 is 0 Å². The fraction of sp³-hybridized carbons (Fsp3) is 0.0870. The molecule has 0 atom stereocenters. The molecule has 0 fully saturated rings. The van der Waals surface area contributed by atoms with Gasteiger partial charge in [-0.2, -0.15) is 0 Å². The van der Waals surface area contributed by atoms with Crippen molar-refractivity contribution in [3.63, 3.8) is 0 Å². The number of nitrogens with one attached hydrogen (secondary N) is 4. The highest BCUT2D eigenvalue weighted by atomic mass is 32.1. The highest BCUT2D eigenvalue weighted by Crippen LogP contribution is 2.02. The van der Waals surface area contributed by atoms with E-state index in [9.17, 15) is 19.2 Å². The van der Waals surface area contributed by atoms with Gasteiger partial charge in [0.25, 0.3) is 11.8 Å². The summed E-state index contributed by atoms with van der Waals surface area (Å²) in [5.74, 6) is -2.70. The van der Waals surface area contributed by atoms with Gasteiger partial charge in [0, 0.05) is 23.5 Å². The van der Waals surface area contributed by atoms with Crippen molar-refractivity contribution in [2.24, 2.45) is 0 Å². The molecule has 0 saturated carbocycles. The van der Waals surface area contributed by atoms with E-state index in [1.807, 2.05) is 0 Å². The number of benzene rings is 2. The van der Waals surface area contributed by atoms with Crippen LogP contribution in [-0.4, -0.2) is 43.1 Å². The van der Waals surface area contributed by atoms with Crippen LogP contribution in [0.15, 0.2) is 84.5 Å². The Labute approximate surface area is 201 Å². The first-order chi connectivity index (χ1) is 16.3. The molecule has 0 aliphatic carbocycles. The Hall–Kier alpha value is -4.51. The molecule has 4 N–H and O–H groups in total. The van der Waals surface area contributed by atoms with E-state index in [4.69, 9.17) is 12.2 Å². The lowest BCUT2D eigenvalue weighted by molar-refractivity contribution is -0.137. The molecule has 2 amide bonds. The van der Waals surface area contributed by atoms with E-state index in [1.165, 1.54) is 0 Å². The molecule has 0 bridgehead atoms. The van der Waals surface area contributed by atoms with Crippen LogP contribution in [0.25, 0.3) is 0 Å². The van der Waals surface area contributed by atoms with Gasteiger partial charge in [0.2, 0.25) is 0 Å². The molecule has 0 spiro atoms. The van der Waals surface area contributed by atoms with E-state index in [0.717, 1.165) is 26.6 Å². The minimum atomic E-state index is -0.819. The summed E-state index contributed by atoms with van der Waals surface area (Å²) in [5, 5.41) is 9.96. The standard InChI is InChI=1S/C23H22N4O6S/c1-32-21(30)17(26-19(28)15-9-5-3-6-10-15)13-24-23(34)25-14-18(22(31)33-2)27-20(29)16-11-7-4-8-12-16/h3-14H,1-2H3,(H,26,28)(H,27,29)(H2,24,25,34). The van der Waals surface area contributed by atoms with Crippen LogP contribution in [0.3, 0.4) is 0 Å². The Morgan fingerprint density at radius 1 is 0.676 bits per heavy atom. The van der Waals surface area contributed by atoms with Crippen molar-refractivity contribution in [1.29, 1.82) is 0 Å². The van der Waals surface area contributed by atoms with Crippen molar-refractivity contribution in [1.82, 2.24) is 21.3 Å². The molecule has 34 heavy (non-hydrogen) atoms. The molecule has 2 aromatic rings. The smallest absolute Gasteiger partial charge is 0.356 e. The third-order valence-electron chi connectivity index (χ3n) is 4.07. The maximum Gasteiger partial charge on any atom is 0.356 e. The van der Waals surface area contributed by atoms with E-state index in [0.29, 0.717) is 11.1 Å². The van der Waals surface area contributed by atoms with Crippen LogP contribution in [-0.2, 0) is 19.1 Å². The number of carbonyl (C=O) groups is 4. The van der Waals surface area contributed by atoms with Crippen molar-refractivity contribution in [2.45, 2.75) is 0 Å². The first-order valence-corrected chi connectivity index (χ1v) is 10.1. The number of methoxy groups -OCH3 is 2. The number of esters is 2. The maximum atomic E-state index is 12.3. The second-order valence-corrected chi connectivity index (χ2v) is 6.77. The third kappa shape index (κ3) is 7.88. The second kappa shape index (κ2) is 13.1. The van der Waals surface area contributed by atoms with Crippen molar-refractivity contribution >= 4 is 41.1 Å². The monoisotopic (exact) mass is 482 g/mol. The molecule has 176 valence electrons. The Kier molecular flexibility index (Phi) is 9.95. The summed E-state index contributed by atoms with van der Waals surface area (Å²) in [6.45, 7) is 0. The Bertz CT molecular complexity index is 1030. The van der Waals surface area contributed by atoms with Gasteiger partial charge in [0.15, 0.2) is 5.11 Å². The molecule has 2 aromatic carbocycles. The number of rotatable bonds is 8. The Morgan fingerprint density at radius 2 is 1.03 bits per heavy atom. The van der Waals surface area contributed by atoms with Gasteiger partial charge in [-0.25, -0.2) is 9.59 Å². The van der Waals surface area contributed by atoms with E-state index < -0.39 is 23.8 Å². The maximum absolute atomic E-state index is 12.3. The predicted molar refractivity (Wildman–Crippen MR) is 127 cm³/mol. The van der Waals surface area contributed by atoms with Gasteiger partial charge in [-0.15, -0.1) is 0 Å². The Balaban J connectivity index is 2.07. The third-order valence-corrected chi connectivity index (χ3v) is 4.31. The summed E-state index contributed by atoms with van der Waals surface area (Å²) in [7, 11) is 2.31. The van der Waals surface area contributed by atoms with Crippen molar-refractivity contribution < 1.29 is 28.7 Å². The predicted octanol–water partition coefficient (Wildman–Crippen LogP) is 1.34. The molecular weight excluding hydrogens is 460 g/mol. The molecule has 2 rings (SSSR count). The molecule has 11 heteroatoms. The van der Waals surface area contributed by atoms with E-state index in [1.54, 1.807) is 60.7 Å². The van der Waals surface area contributed by atoms with E-state index in [-0.39, 0.29) is 16.5 Å². The number of hydrogen-bond donors (Lipinski definition) is 4. The average Bonchev–Trinajstić information content (AvgIpc) is 2.88. The number of hydrogen-bond acceptors (Lipinski definition) is 7. The summed E-state index contributed by atoms with van der Waals surface area (Å²) in [5.41, 5.74) is 0.237. The van der Waals surface area contributed by atoms with Gasteiger partial charge >= 0.3 is 11.9 Å². The number of amides is 2. The minimum Gasteiger partial charge on any atom is -0.464 e. The molecule has 0 radical (unpaired) electrons. The quantitative estimate of drug-likeness (QED) is 0.250. The van der Waals surface area contributed by atoms with Gasteiger partial charge in [0.05, 0.1) is 14.2 Å². The summed E-state index contributed by atoms with van der Waals surface area (Å²) in [6, 6.07) is 16.5. The van der Waals surface area contributed by atoms with Gasteiger partial charge in [0.1, 0.15) is 11.4 Å². The zero-order chi connectivity index (χ0) is 24.9. The van der Waals surface area contributed by atoms with Gasteiger partial charge in [-0.3, -0.25) is 9.59 Å². The van der Waals surface area contributed by atoms with Crippen molar-refractivity contribution in [3.05, 3.63) is 95.6 Å². The van der Waals surface area contributed by atoms with Crippen molar-refractivity contribution in [2.75, 3.05) is 14.2 Å². The first-order valence-electron chi connectivity index (χ1n) is 9.72. The lowest BCUT2D eigenvalue weighted by Gasteiger charge is -2.11. The largest absolute Gasteiger partial charge is 0.464 e. The van der Waals surface area contributed by atoms with Crippen LogP contribution in [0.1, 0.15) is 20.7 Å². The lowest BCUT2D eigenvalue weighted by atomic mass is 10.2. The zero-order valence-corrected chi connectivity index (χ0v) is 19.1. The highest BCUT2D eigenvalue weighted by molar-refractivity contribution is 7.80. The SMILES string of the molecule is COC(=O)C(=CNC(=S)NC=C(NC(=O)c1ccccc1)C(=O)OC)NC(=O)c1ccccc1. The van der Waals surface area contributed by atoms with Gasteiger partial charge in [-0.05, 0) is 36.5 Å². The second-order valence-electron chi connectivity index (χ2n) is 6.36. The summed E-state index contributed by atoms with van der Waals surface area (Å²) >= 11 is 5.11. The zero-order valence-electron chi connectivity index (χ0n) is 18.3. The van der Waals surface area contributed by atoms with Crippen LogP contribution < -0.4 is 21.3 Å². The highest BCUT2D eigenvalue weighted by Gasteiger charge is 2.16. The van der Waals surface area contributed by atoms with Crippen LogP contribution in [0.4, 0.5) is 0 Å². The van der Waals surface area contributed by atoms with Crippen molar-refractivity contribution in [3.8, 4) is 0 Å². The first kappa shape index (κ1) is 25.7. The fourth-order valence-electron chi connectivity index (χ4n) is 2.40. The summed E-state index contributed by atoms with van der Waals surface area (Å²) < 4.78 is 9.33. The van der Waals surface area contributed by atoms with Crippen LogP contribution in [0.2, 0.25) is 0 Å². The number of ether oxygens (including phenoxy) is 2. The van der Waals surface area contributed by atoms with Gasteiger partial charge < -0.3 is 30.7 Å². The van der Waals surface area contributed by atoms with E-state index in [2.05, 4.69) is 30.7 Å². The molecule has 0 heterocycles. The molecule has 0 saturated heterocycles. The normalized spacial score (nSPS) is 11.0. The molecule has 0 aliphatic rings. The minimum absolute atomic E-state index is 0.0641. The fourth-order valence-corrected chi connectivity index (χ4v) is 2.51. The Morgan fingerprint density at radius 3 is 1.35 bits per heavy atom.